The molecule has 0 spiro atoms. The Labute approximate surface area is 180 Å². The van der Waals surface area contributed by atoms with Gasteiger partial charge in [-0.15, -0.1) is 0 Å². The van der Waals surface area contributed by atoms with Crippen molar-refractivity contribution < 1.29 is 14.3 Å². The fraction of sp³-hybridized carbons (Fsp3) is 0.500. The van der Waals surface area contributed by atoms with Gasteiger partial charge in [-0.25, -0.2) is 4.79 Å². The molecule has 0 unspecified atom stereocenters. The summed E-state index contributed by atoms with van der Waals surface area (Å²) >= 11 is 0. The third-order valence-corrected chi connectivity index (χ3v) is 4.99. The number of likely N-dealkylation sites (tertiary alicyclic amines) is 1. The van der Waals surface area contributed by atoms with Gasteiger partial charge in [0.25, 0.3) is 0 Å². The topological polar surface area (TPSA) is 54.4 Å². The highest BCUT2D eigenvalue weighted by atomic mass is 16.6. The van der Waals surface area contributed by atoms with E-state index in [4.69, 9.17) is 9.47 Å². The van der Waals surface area contributed by atoms with Crippen LogP contribution in [0.3, 0.4) is 0 Å². The lowest BCUT2D eigenvalue weighted by molar-refractivity contribution is 0.0214. The first kappa shape index (κ1) is 23.5. The molecule has 2 rings (SSSR count). The molecule has 164 valence electrons. The Balaban J connectivity index is 2.44. The maximum atomic E-state index is 12.9. The number of ether oxygens (including phenoxy) is 2. The van der Waals surface area contributed by atoms with E-state index in [1.807, 2.05) is 47.6 Å². The van der Waals surface area contributed by atoms with Gasteiger partial charge < -0.3 is 14.4 Å². The molecule has 30 heavy (non-hydrogen) atoms. The number of hydrogen-bond donors (Lipinski definition) is 0. The fourth-order valence-corrected chi connectivity index (χ4v) is 3.69. The Kier molecular flexibility index (Phi) is 7.71. The van der Waals surface area contributed by atoms with Crippen molar-refractivity contribution in [2.24, 2.45) is 4.99 Å². The summed E-state index contributed by atoms with van der Waals surface area (Å²) in [6.45, 7) is 21.7. The minimum atomic E-state index is -0.565. The molecule has 0 aromatic carbocycles. The van der Waals surface area contributed by atoms with E-state index in [0.29, 0.717) is 19.7 Å². The molecule has 0 bridgehead atoms. The molecule has 0 aliphatic carbocycles. The molecule has 2 heterocycles. The number of carbonyl (C=O) groups excluding carboxylic acids is 1. The summed E-state index contributed by atoms with van der Waals surface area (Å²) in [5, 5.41) is 0. The maximum absolute atomic E-state index is 12.9. The molecule has 0 atom stereocenters. The van der Waals surface area contributed by atoms with Crippen molar-refractivity contribution in [3.05, 3.63) is 58.8 Å². The third kappa shape index (κ3) is 5.65. The summed E-state index contributed by atoms with van der Waals surface area (Å²) in [4.78, 5) is 20.8. The molecular formula is C24H35N3O3. The number of nitrogens with zero attached hydrogens (tertiary/aromatic N) is 3. The summed E-state index contributed by atoms with van der Waals surface area (Å²) in [6, 6.07) is 0. The highest BCUT2D eigenvalue weighted by molar-refractivity contribution is 5.72. The SMILES string of the molecule is C=N/C=C1/CCN(C(/C=C\C)=C(\C)C2=C(C)OCCN2C(=O)OC(C)(C)C)CC1=C. The van der Waals surface area contributed by atoms with Crippen LogP contribution in [0, 0.1) is 0 Å². The van der Waals surface area contributed by atoms with Gasteiger partial charge in [-0.1, -0.05) is 12.7 Å². The first-order chi connectivity index (χ1) is 14.1. The molecule has 0 N–H and O–H groups in total. The molecule has 6 nitrogen and oxygen atoms in total. The zero-order valence-corrected chi connectivity index (χ0v) is 19.2. The second-order valence-corrected chi connectivity index (χ2v) is 8.51. The molecule has 0 saturated carbocycles. The number of hydrogen-bond acceptors (Lipinski definition) is 5. The van der Waals surface area contributed by atoms with E-state index in [1.54, 1.807) is 11.1 Å². The van der Waals surface area contributed by atoms with Crippen LogP contribution in [0.5, 0.6) is 0 Å². The van der Waals surface area contributed by atoms with Gasteiger partial charge in [-0.2, -0.15) is 0 Å². The van der Waals surface area contributed by atoms with E-state index in [9.17, 15) is 4.79 Å². The summed E-state index contributed by atoms with van der Waals surface area (Å²) in [5.41, 5.74) is 4.37. The molecular weight excluding hydrogens is 378 g/mol. The molecule has 6 heteroatoms. The molecule has 2 aliphatic rings. The standard InChI is InChI=1S/C24H35N3O3/c1-9-10-21(26-12-11-20(15-25-8)17(2)16-26)18(3)22-19(4)29-14-13-27(22)23(28)30-24(5,6)7/h9-10,15H,2,8,11-14,16H2,1,3-7H3/b10-9-,20-15-,21-18+. The Morgan fingerprint density at radius 1 is 1.30 bits per heavy atom. The van der Waals surface area contributed by atoms with Gasteiger partial charge in [-0.05, 0) is 77.5 Å². The Morgan fingerprint density at radius 2 is 2.00 bits per heavy atom. The van der Waals surface area contributed by atoms with Gasteiger partial charge in [0, 0.05) is 25.0 Å². The second-order valence-electron chi connectivity index (χ2n) is 8.51. The summed E-state index contributed by atoms with van der Waals surface area (Å²) in [7, 11) is 0. The van der Waals surface area contributed by atoms with Crippen molar-refractivity contribution in [3.8, 4) is 0 Å². The number of amides is 1. The van der Waals surface area contributed by atoms with Crippen LogP contribution in [0.15, 0.2) is 63.8 Å². The van der Waals surface area contributed by atoms with Crippen molar-refractivity contribution in [2.75, 3.05) is 26.2 Å². The predicted molar refractivity (Wildman–Crippen MR) is 122 cm³/mol. The summed E-state index contributed by atoms with van der Waals surface area (Å²) < 4.78 is 11.5. The first-order valence-electron chi connectivity index (χ1n) is 10.3. The van der Waals surface area contributed by atoms with Crippen molar-refractivity contribution in [2.45, 2.75) is 53.6 Å². The van der Waals surface area contributed by atoms with E-state index in [1.165, 1.54) is 0 Å². The van der Waals surface area contributed by atoms with E-state index in [0.717, 1.165) is 46.8 Å². The minimum absolute atomic E-state index is 0.357. The fourth-order valence-electron chi connectivity index (χ4n) is 3.69. The van der Waals surface area contributed by atoms with Crippen LogP contribution in [0.25, 0.3) is 0 Å². The molecule has 0 aromatic rings. The molecule has 1 fully saturated rings. The summed E-state index contributed by atoms with van der Waals surface area (Å²) in [6.07, 6.45) is 6.36. The van der Waals surface area contributed by atoms with Gasteiger partial charge in [0.15, 0.2) is 0 Å². The van der Waals surface area contributed by atoms with Crippen LogP contribution in [0.4, 0.5) is 4.79 Å². The van der Waals surface area contributed by atoms with Crippen LogP contribution in [0.2, 0.25) is 0 Å². The van der Waals surface area contributed by atoms with E-state index in [-0.39, 0.29) is 6.09 Å². The molecule has 0 radical (unpaired) electrons. The number of rotatable bonds is 4. The first-order valence-corrected chi connectivity index (χ1v) is 10.3. The van der Waals surface area contributed by atoms with Crippen LogP contribution in [0.1, 0.15) is 48.0 Å². The highest BCUT2D eigenvalue weighted by Crippen LogP contribution is 2.32. The molecule has 2 aliphatic heterocycles. The molecule has 1 amide bonds. The number of allylic oxidation sites excluding steroid dienone is 4. The van der Waals surface area contributed by atoms with E-state index in [2.05, 4.69) is 29.3 Å². The van der Waals surface area contributed by atoms with Crippen molar-refractivity contribution in [1.82, 2.24) is 9.80 Å². The Morgan fingerprint density at radius 3 is 2.57 bits per heavy atom. The van der Waals surface area contributed by atoms with Crippen molar-refractivity contribution >= 4 is 12.8 Å². The zero-order chi connectivity index (χ0) is 22.5. The predicted octanol–water partition coefficient (Wildman–Crippen LogP) is 5.18. The number of carbonyl (C=O) groups is 1. The van der Waals surface area contributed by atoms with Gasteiger partial charge in [0.1, 0.15) is 18.0 Å². The number of piperidine rings is 1. The Hall–Kier alpha value is -2.76. The van der Waals surface area contributed by atoms with Crippen molar-refractivity contribution in [3.63, 3.8) is 0 Å². The van der Waals surface area contributed by atoms with Gasteiger partial charge in [0.05, 0.1) is 12.2 Å². The van der Waals surface area contributed by atoms with Gasteiger partial charge in [0.2, 0.25) is 0 Å². The van der Waals surface area contributed by atoms with Gasteiger partial charge in [-0.3, -0.25) is 9.89 Å². The van der Waals surface area contributed by atoms with Crippen LogP contribution < -0.4 is 0 Å². The lowest BCUT2D eigenvalue weighted by atomic mass is 9.98. The molecule has 0 aromatic heterocycles. The van der Waals surface area contributed by atoms with Crippen LogP contribution >= 0.6 is 0 Å². The summed E-state index contributed by atoms with van der Waals surface area (Å²) in [5.74, 6) is 0.721. The van der Waals surface area contributed by atoms with Crippen LogP contribution in [-0.2, 0) is 9.47 Å². The van der Waals surface area contributed by atoms with Crippen molar-refractivity contribution in [1.29, 1.82) is 0 Å². The smallest absolute Gasteiger partial charge is 0.415 e. The van der Waals surface area contributed by atoms with E-state index < -0.39 is 5.60 Å². The second kappa shape index (κ2) is 9.83. The zero-order valence-electron chi connectivity index (χ0n) is 19.2. The van der Waals surface area contributed by atoms with Gasteiger partial charge >= 0.3 is 6.09 Å². The molecule has 1 saturated heterocycles. The minimum Gasteiger partial charge on any atom is -0.494 e. The maximum Gasteiger partial charge on any atom is 0.415 e. The number of aliphatic imine (C=N–C) groups is 1. The monoisotopic (exact) mass is 413 g/mol. The van der Waals surface area contributed by atoms with E-state index >= 15 is 0 Å². The highest BCUT2D eigenvalue weighted by Gasteiger charge is 2.31. The Bertz CT molecular complexity index is 825. The average molecular weight is 414 g/mol. The largest absolute Gasteiger partial charge is 0.494 e. The van der Waals surface area contributed by atoms with Crippen LogP contribution in [-0.4, -0.2) is 54.5 Å². The third-order valence-electron chi connectivity index (χ3n) is 4.99. The lowest BCUT2D eigenvalue weighted by Crippen LogP contribution is -2.42. The quantitative estimate of drug-likeness (QED) is 0.471. The normalized spacial score (nSPS) is 20.5. The average Bonchev–Trinajstić information content (AvgIpc) is 2.66. The lowest BCUT2D eigenvalue weighted by Gasteiger charge is -2.37.